The average Bonchev–Trinajstić information content (AvgIpc) is 3.50. The molecule has 214 valence electrons. The van der Waals surface area contributed by atoms with Crippen LogP contribution < -0.4 is 4.74 Å². The Labute approximate surface area is 248 Å². The number of halogens is 2. The van der Waals surface area contributed by atoms with Gasteiger partial charge < -0.3 is 9.84 Å². The molecule has 0 spiro atoms. The first-order valence-corrected chi connectivity index (χ1v) is 14.4. The fraction of sp³-hybridized carbons (Fsp3) is 0.222. The highest BCUT2D eigenvalue weighted by atomic mass is 19.1. The van der Waals surface area contributed by atoms with Gasteiger partial charge in [0, 0.05) is 29.9 Å². The molecule has 1 aromatic heterocycles. The van der Waals surface area contributed by atoms with Crippen LogP contribution in [0.15, 0.2) is 85.1 Å². The minimum absolute atomic E-state index is 0.0340. The van der Waals surface area contributed by atoms with Crippen molar-refractivity contribution in [2.45, 2.75) is 31.0 Å². The number of phenolic OH excluding ortho intramolecular Hbond substituents is 1. The summed E-state index contributed by atoms with van der Waals surface area (Å²) in [6.07, 6.45) is 22.8. The number of hydrogen-bond donors (Lipinski definition) is 1. The second-order valence-electron chi connectivity index (χ2n) is 11.4. The zero-order chi connectivity index (χ0) is 29.6. The number of rotatable bonds is 5. The molecule has 2 fully saturated rings. The molecular formula is C36H29F2N3O2. The zero-order valence-corrected chi connectivity index (χ0v) is 23.4. The fourth-order valence-electron chi connectivity index (χ4n) is 6.77. The summed E-state index contributed by atoms with van der Waals surface area (Å²) in [5.74, 6) is 2.03. The normalized spacial score (nSPS) is 25.0. The number of aromatic hydroxyl groups is 1. The van der Waals surface area contributed by atoms with Crippen molar-refractivity contribution in [1.29, 1.82) is 0 Å². The molecule has 43 heavy (non-hydrogen) atoms. The Morgan fingerprint density at radius 1 is 1.09 bits per heavy atom. The van der Waals surface area contributed by atoms with Crippen LogP contribution in [0, 0.1) is 18.2 Å². The Hall–Kier alpha value is -4.80. The molecule has 1 aliphatic carbocycles. The molecule has 0 bridgehead atoms. The van der Waals surface area contributed by atoms with Gasteiger partial charge in [-0.3, -0.25) is 4.90 Å². The third-order valence-electron chi connectivity index (χ3n) is 8.72. The SMILES string of the molecule is C#Cc1c(F)ccc2cc(O)cc(-c3cc(C4=C/C=C\C=C/C=C\4)c4cnc(OCC56CCCN5C[C@H](F)C6)nc4c3)c12. The topological polar surface area (TPSA) is 58.5 Å². The summed E-state index contributed by atoms with van der Waals surface area (Å²) in [5, 5.41) is 12.6. The summed E-state index contributed by atoms with van der Waals surface area (Å²) in [6.45, 7) is 1.64. The zero-order valence-electron chi connectivity index (χ0n) is 23.4. The predicted molar refractivity (Wildman–Crippen MR) is 166 cm³/mol. The maximum Gasteiger partial charge on any atom is 0.316 e. The number of phenols is 1. The van der Waals surface area contributed by atoms with Gasteiger partial charge >= 0.3 is 6.01 Å². The van der Waals surface area contributed by atoms with Gasteiger partial charge in [0.25, 0.3) is 0 Å². The summed E-state index contributed by atoms with van der Waals surface area (Å²) >= 11 is 0. The van der Waals surface area contributed by atoms with Gasteiger partial charge in [-0.2, -0.15) is 4.98 Å². The average molecular weight is 574 g/mol. The lowest BCUT2D eigenvalue weighted by Crippen LogP contribution is -2.43. The standard InChI is InChI=1S/C36H29F2N3O2/c1-2-28-32(38)12-11-24-15-27(42)18-30(34(24)28)25-16-29(23-9-6-4-3-5-7-10-23)31-20-39-35(40-33(31)17-25)43-22-36-13-8-14-41(36)21-26(37)19-36/h1,3-7,9-12,15-18,20,26,42H,8,13-14,19,21-22H2/b4-3-,5-3?,6-4?,7-5-,9-6-,10-7?,23-9?,23-10+/t26-,36?/m1/s1. The third kappa shape index (κ3) is 4.88. The smallest absolute Gasteiger partial charge is 0.316 e. The number of fused-ring (bicyclic) bond motifs is 3. The van der Waals surface area contributed by atoms with Crippen LogP contribution in [0.4, 0.5) is 8.78 Å². The van der Waals surface area contributed by atoms with E-state index in [9.17, 15) is 13.9 Å². The van der Waals surface area contributed by atoms with Crippen LogP contribution in [0.1, 0.15) is 30.4 Å². The number of nitrogens with zero attached hydrogens (tertiary/aromatic N) is 3. The van der Waals surface area contributed by atoms with Crippen molar-refractivity contribution in [3.05, 3.63) is 102 Å². The summed E-state index contributed by atoms with van der Waals surface area (Å²) in [7, 11) is 0. The van der Waals surface area contributed by atoms with Gasteiger partial charge in [0.05, 0.1) is 16.6 Å². The summed E-state index contributed by atoms with van der Waals surface area (Å²) in [5.41, 5.74) is 3.46. The second kappa shape index (κ2) is 10.8. The molecule has 2 aliphatic heterocycles. The Balaban J connectivity index is 1.39. The molecule has 3 aromatic carbocycles. The molecule has 0 saturated carbocycles. The van der Waals surface area contributed by atoms with Gasteiger partial charge in [-0.15, -0.1) is 6.42 Å². The van der Waals surface area contributed by atoms with Crippen molar-refractivity contribution in [1.82, 2.24) is 14.9 Å². The van der Waals surface area contributed by atoms with Gasteiger partial charge in [-0.25, -0.2) is 13.8 Å². The fourth-order valence-corrected chi connectivity index (χ4v) is 6.77. The minimum Gasteiger partial charge on any atom is -0.508 e. The van der Waals surface area contributed by atoms with Crippen LogP contribution in [-0.2, 0) is 0 Å². The second-order valence-corrected chi connectivity index (χ2v) is 11.4. The Bertz CT molecular complexity index is 1940. The van der Waals surface area contributed by atoms with Crippen molar-refractivity contribution in [3.8, 4) is 35.2 Å². The third-order valence-corrected chi connectivity index (χ3v) is 8.72. The Morgan fingerprint density at radius 3 is 2.84 bits per heavy atom. The van der Waals surface area contributed by atoms with E-state index >= 15 is 0 Å². The van der Waals surface area contributed by atoms with E-state index in [2.05, 4.69) is 15.8 Å². The molecule has 7 heteroatoms. The van der Waals surface area contributed by atoms with Crippen molar-refractivity contribution >= 4 is 27.2 Å². The molecule has 4 aromatic rings. The molecule has 2 saturated heterocycles. The monoisotopic (exact) mass is 573 g/mol. The lowest BCUT2D eigenvalue weighted by Gasteiger charge is -2.30. The Kier molecular flexibility index (Phi) is 6.79. The molecule has 0 radical (unpaired) electrons. The summed E-state index contributed by atoms with van der Waals surface area (Å²) in [6, 6.07) is 10.2. The number of terminal acetylenes is 1. The van der Waals surface area contributed by atoms with Crippen LogP contribution in [0.25, 0.3) is 38.4 Å². The summed E-state index contributed by atoms with van der Waals surface area (Å²) in [4.78, 5) is 11.6. The van der Waals surface area contributed by atoms with Crippen LogP contribution >= 0.6 is 0 Å². The number of ether oxygens (including phenoxy) is 1. The first-order chi connectivity index (χ1) is 20.9. The molecule has 1 N–H and O–H groups in total. The van der Waals surface area contributed by atoms with Gasteiger partial charge in [-0.05, 0) is 77.4 Å². The van der Waals surface area contributed by atoms with E-state index < -0.39 is 12.0 Å². The van der Waals surface area contributed by atoms with E-state index in [1.807, 2.05) is 54.7 Å². The first-order valence-electron chi connectivity index (χ1n) is 14.4. The van der Waals surface area contributed by atoms with Crippen LogP contribution in [-0.4, -0.2) is 51.4 Å². The molecule has 3 heterocycles. The van der Waals surface area contributed by atoms with Gasteiger partial charge in [0.2, 0.25) is 0 Å². The maximum atomic E-state index is 14.9. The summed E-state index contributed by atoms with van der Waals surface area (Å²) < 4.78 is 35.4. The van der Waals surface area contributed by atoms with Crippen LogP contribution in [0.2, 0.25) is 0 Å². The maximum absolute atomic E-state index is 14.9. The van der Waals surface area contributed by atoms with E-state index in [-0.39, 0.29) is 22.9 Å². The minimum atomic E-state index is -0.851. The molecule has 1 unspecified atom stereocenters. The van der Waals surface area contributed by atoms with E-state index in [4.69, 9.17) is 16.1 Å². The largest absolute Gasteiger partial charge is 0.508 e. The number of alkyl halides is 1. The molecule has 2 atom stereocenters. The molecule has 5 nitrogen and oxygen atoms in total. The van der Waals surface area contributed by atoms with Gasteiger partial charge in [0.1, 0.15) is 24.3 Å². The van der Waals surface area contributed by atoms with Crippen molar-refractivity contribution < 1.29 is 18.6 Å². The quantitative estimate of drug-likeness (QED) is 0.254. The van der Waals surface area contributed by atoms with E-state index in [0.29, 0.717) is 47.0 Å². The molecule has 0 amide bonds. The number of allylic oxidation sites excluding steroid dienone is 8. The highest BCUT2D eigenvalue weighted by Crippen LogP contribution is 2.41. The van der Waals surface area contributed by atoms with Gasteiger partial charge in [0.15, 0.2) is 0 Å². The molecule has 7 rings (SSSR count). The first kappa shape index (κ1) is 27.1. The molecular weight excluding hydrogens is 544 g/mol. The number of aromatic nitrogens is 2. The number of benzene rings is 3. The lowest BCUT2D eigenvalue weighted by atomic mass is 9.90. The molecule has 3 aliphatic rings. The Morgan fingerprint density at radius 2 is 1.95 bits per heavy atom. The van der Waals surface area contributed by atoms with E-state index in [1.54, 1.807) is 24.4 Å². The van der Waals surface area contributed by atoms with Gasteiger partial charge in [-0.1, -0.05) is 54.5 Å². The highest BCUT2D eigenvalue weighted by molar-refractivity contribution is 6.05. The van der Waals surface area contributed by atoms with Crippen LogP contribution in [0.5, 0.6) is 11.8 Å². The predicted octanol–water partition coefficient (Wildman–Crippen LogP) is 7.30. The van der Waals surface area contributed by atoms with E-state index in [0.717, 1.165) is 35.9 Å². The van der Waals surface area contributed by atoms with Crippen molar-refractivity contribution in [3.63, 3.8) is 0 Å². The highest BCUT2D eigenvalue weighted by Gasteiger charge is 2.49. The van der Waals surface area contributed by atoms with Crippen LogP contribution in [0.3, 0.4) is 0 Å². The van der Waals surface area contributed by atoms with E-state index in [1.165, 1.54) is 6.07 Å². The van der Waals surface area contributed by atoms with Crippen molar-refractivity contribution in [2.75, 3.05) is 19.7 Å². The number of hydrogen-bond acceptors (Lipinski definition) is 5. The lowest BCUT2D eigenvalue weighted by molar-refractivity contribution is 0.107. The van der Waals surface area contributed by atoms with Crippen molar-refractivity contribution in [2.24, 2.45) is 0 Å².